The molecule has 7 heteroatoms. The van der Waals surface area contributed by atoms with Gasteiger partial charge in [-0.15, -0.1) is 24.8 Å². The largest absolute Gasteiger partial charge is 0.299 e. The molecular formula is C27H29Cl2N3O2. The summed E-state index contributed by atoms with van der Waals surface area (Å²) in [5, 5.41) is 1.73. The Bertz CT molecular complexity index is 1120. The number of piperazine rings is 1. The minimum absolute atomic E-state index is 0. The molecule has 5 rings (SSSR count). The number of imide groups is 1. The summed E-state index contributed by atoms with van der Waals surface area (Å²) in [4.78, 5) is 32.3. The lowest BCUT2D eigenvalue weighted by Crippen LogP contribution is -2.50. The lowest BCUT2D eigenvalue weighted by atomic mass is 9.94. The molecule has 0 saturated carbocycles. The van der Waals surface area contributed by atoms with Crippen molar-refractivity contribution >= 4 is 53.5 Å². The number of amides is 2. The maximum absolute atomic E-state index is 13.0. The fourth-order valence-corrected chi connectivity index (χ4v) is 4.62. The number of nitrogens with zero attached hydrogens (tertiary/aromatic N) is 3. The van der Waals surface area contributed by atoms with Crippen LogP contribution in [0.4, 0.5) is 0 Å². The summed E-state index contributed by atoms with van der Waals surface area (Å²) < 4.78 is 0. The molecule has 5 nitrogen and oxygen atoms in total. The molecule has 178 valence electrons. The molecule has 0 aromatic heterocycles. The zero-order valence-electron chi connectivity index (χ0n) is 18.9. The summed E-state index contributed by atoms with van der Waals surface area (Å²) in [6, 6.07) is 21.7. The highest BCUT2D eigenvalue weighted by atomic mass is 35.5. The summed E-state index contributed by atoms with van der Waals surface area (Å²) in [6.45, 7) is 5.95. The summed E-state index contributed by atoms with van der Waals surface area (Å²) in [6.07, 6.45) is 4.38. The molecule has 1 saturated heterocycles. The van der Waals surface area contributed by atoms with E-state index in [1.165, 1.54) is 10.5 Å². The van der Waals surface area contributed by atoms with Crippen LogP contribution in [-0.4, -0.2) is 72.3 Å². The predicted molar refractivity (Wildman–Crippen MR) is 142 cm³/mol. The van der Waals surface area contributed by atoms with Crippen LogP contribution in [0.2, 0.25) is 0 Å². The van der Waals surface area contributed by atoms with E-state index in [0.717, 1.165) is 43.5 Å². The van der Waals surface area contributed by atoms with E-state index in [4.69, 9.17) is 0 Å². The molecule has 0 aliphatic carbocycles. The van der Waals surface area contributed by atoms with Gasteiger partial charge < -0.3 is 0 Å². The lowest BCUT2D eigenvalue weighted by Gasteiger charge is -2.35. The van der Waals surface area contributed by atoms with Crippen LogP contribution in [0.1, 0.15) is 26.3 Å². The number of carbonyl (C=O) groups is 2. The highest BCUT2D eigenvalue weighted by molar-refractivity contribution is 6.25. The maximum atomic E-state index is 13.0. The van der Waals surface area contributed by atoms with Gasteiger partial charge in [0.25, 0.3) is 11.8 Å². The van der Waals surface area contributed by atoms with E-state index < -0.39 is 0 Å². The molecule has 2 amide bonds. The van der Waals surface area contributed by atoms with Crippen molar-refractivity contribution in [2.75, 3.05) is 45.8 Å². The van der Waals surface area contributed by atoms with Crippen LogP contribution in [-0.2, 0) is 0 Å². The average Bonchev–Trinajstić information content (AvgIpc) is 2.84. The minimum atomic E-state index is -0.177. The van der Waals surface area contributed by atoms with Crippen LogP contribution in [0.15, 0.2) is 72.8 Å². The van der Waals surface area contributed by atoms with E-state index in [1.807, 2.05) is 42.5 Å². The molecule has 3 aromatic rings. The third kappa shape index (κ3) is 5.34. The van der Waals surface area contributed by atoms with Gasteiger partial charge in [-0.3, -0.25) is 24.3 Å². The predicted octanol–water partition coefficient (Wildman–Crippen LogP) is 4.61. The van der Waals surface area contributed by atoms with E-state index in [-0.39, 0.29) is 36.6 Å². The van der Waals surface area contributed by atoms with Crippen LogP contribution >= 0.6 is 24.8 Å². The van der Waals surface area contributed by atoms with Crippen LogP contribution in [0.25, 0.3) is 16.8 Å². The number of hydrogen-bond acceptors (Lipinski definition) is 4. The normalized spacial score (nSPS) is 16.5. The Balaban J connectivity index is 0.00000162. The monoisotopic (exact) mass is 497 g/mol. The molecule has 0 spiro atoms. The zero-order valence-corrected chi connectivity index (χ0v) is 20.6. The second-order valence-corrected chi connectivity index (χ2v) is 8.43. The number of carbonyl (C=O) groups excluding carboxylic acids is 2. The van der Waals surface area contributed by atoms with Crippen molar-refractivity contribution in [3.63, 3.8) is 0 Å². The highest BCUT2D eigenvalue weighted by Crippen LogP contribution is 2.29. The third-order valence-corrected chi connectivity index (χ3v) is 6.43. The molecule has 2 aliphatic rings. The first-order valence-electron chi connectivity index (χ1n) is 11.2. The fourth-order valence-electron chi connectivity index (χ4n) is 4.62. The van der Waals surface area contributed by atoms with Crippen LogP contribution in [0.5, 0.6) is 0 Å². The van der Waals surface area contributed by atoms with Gasteiger partial charge in [-0.1, -0.05) is 66.7 Å². The Morgan fingerprint density at radius 1 is 0.676 bits per heavy atom. The van der Waals surface area contributed by atoms with Crippen molar-refractivity contribution in [3.05, 3.63) is 89.5 Å². The molecule has 0 unspecified atom stereocenters. The minimum Gasteiger partial charge on any atom is -0.299 e. The Morgan fingerprint density at radius 3 is 1.88 bits per heavy atom. The summed E-state index contributed by atoms with van der Waals surface area (Å²) >= 11 is 0. The van der Waals surface area contributed by atoms with Crippen LogP contribution in [0, 0.1) is 0 Å². The van der Waals surface area contributed by atoms with Gasteiger partial charge >= 0.3 is 0 Å². The van der Waals surface area contributed by atoms with Crippen molar-refractivity contribution in [2.24, 2.45) is 0 Å². The number of hydrogen-bond donors (Lipinski definition) is 0. The third-order valence-electron chi connectivity index (χ3n) is 6.43. The van der Waals surface area contributed by atoms with Crippen LogP contribution in [0.3, 0.4) is 0 Å². The first-order valence-corrected chi connectivity index (χ1v) is 11.2. The van der Waals surface area contributed by atoms with Gasteiger partial charge in [0.15, 0.2) is 0 Å². The molecule has 3 aromatic carbocycles. The molecule has 2 heterocycles. The van der Waals surface area contributed by atoms with Gasteiger partial charge in [-0.05, 0) is 23.1 Å². The zero-order chi connectivity index (χ0) is 21.9. The van der Waals surface area contributed by atoms with Gasteiger partial charge in [0, 0.05) is 62.3 Å². The van der Waals surface area contributed by atoms with Crippen molar-refractivity contribution in [1.82, 2.24) is 14.7 Å². The quantitative estimate of drug-likeness (QED) is 0.466. The van der Waals surface area contributed by atoms with Gasteiger partial charge in [0.05, 0.1) is 0 Å². The van der Waals surface area contributed by atoms with Gasteiger partial charge in [-0.2, -0.15) is 0 Å². The van der Waals surface area contributed by atoms with E-state index >= 15 is 0 Å². The topological polar surface area (TPSA) is 43.9 Å². The molecule has 0 atom stereocenters. The summed E-state index contributed by atoms with van der Waals surface area (Å²) in [7, 11) is 0. The Hall–Kier alpha value is -2.70. The average molecular weight is 498 g/mol. The van der Waals surface area contributed by atoms with E-state index in [2.05, 4.69) is 46.2 Å². The van der Waals surface area contributed by atoms with Gasteiger partial charge in [0.2, 0.25) is 0 Å². The molecule has 2 aliphatic heterocycles. The second kappa shape index (κ2) is 11.6. The van der Waals surface area contributed by atoms with E-state index in [9.17, 15) is 9.59 Å². The smallest absolute Gasteiger partial charge is 0.261 e. The number of halogens is 2. The molecular weight excluding hydrogens is 469 g/mol. The van der Waals surface area contributed by atoms with Gasteiger partial charge in [0.1, 0.15) is 0 Å². The number of rotatable bonds is 6. The molecule has 0 radical (unpaired) electrons. The molecule has 0 N–H and O–H groups in total. The van der Waals surface area contributed by atoms with E-state index in [0.29, 0.717) is 24.2 Å². The molecule has 1 fully saturated rings. The Kier molecular flexibility index (Phi) is 8.86. The molecule has 34 heavy (non-hydrogen) atoms. The Morgan fingerprint density at radius 2 is 1.26 bits per heavy atom. The van der Waals surface area contributed by atoms with Crippen molar-refractivity contribution in [1.29, 1.82) is 0 Å². The standard InChI is InChI=1S/C27H27N3O2.2ClH/c31-26-23-12-4-10-22-11-5-13-24(25(22)23)27(32)30(26)20-19-29-17-15-28(16-18-29)14-6-9-21-7-2-1-3-8-21;;/h1-13H,14-20H2;2*1H/b9-6+;;. The van der Waals surface area contributed by atoms with E-state index in [1.54, 1.807) is 0 Å². The summed E-state index contributed by atoms with van der Waals surface area (Å²) in [5.74, 6) is -0.354. The number of benzene rings is 3. The highest BCUT2D eigenvalue weighted by Gasteiger charge is 2.32. The summed E-state index contributed by atoms with van der Waals surface area (Å²) in [5.41, 5.74) is 2.49. The van der Waals surface area contributed by atoms with Gasteiger partial charge in [-0.25, -0.2) is 0 Å². The molecule has 0 bridgehead atoms. The lowest BCUT2D eigenvalue weighted by molar-refractivity contribution is 0.0575. The fraction of sp³-hybridized carbons (Fsp3) is 0.259. The van der Waals surface area contributed by atoms with Crippen molar-refractivity contribution < 1.29 is 9.59 Å². The van der Waals surface area contributed by atoms with Crippen molar-refractivity contribution in [3.8, 4) is 0 Å². The second-order valence-electron chi connectivity index (χ2n) is 8.43. The van der Waals surface area contributed by atoms with Crippen molar-refractivity contribution in [2.45, 2.75) is 0 Å². The Labute approximate surface area is 212 Å². The first kappa shape index (κ1) is 25.9. The first-order chi connectivity index (χ1) is 15.7. The SMILES string of the molecule is Cl.Cl.O=C1c2cccc3cccc(c23)C(=O)N1CCN1CCN(C/C=C/c2ccccc2)CC1. The maximum Gasteiger partial charge on any atom is 0.261 e. The van der Waals surface area contributed by atoms with Crippen LogP contribution < -0.4 is 0 Å².